The lowest BCUT2D eigenvalue weighted by molar-refractivity contribution is 1.40. The second-order valence-electron chi connectivity index (χ2n) is 4.25. The molecular formula is C15H10Cl2N2S. The summed E-state index contributed by atoms with van der Waals surface area (Å²) in [7, 11) is 0. The second kappa shape index (κ2) is 5.44. The molecule has 0 aliphatic carbocycles. The Kier molecular flexibility index (Phi) is 3.66. The number of halogens is 2. The zero-order valence-electron chi connectivity index (χ0n) is 10.3. The average molecular weight is 321 g/mol. The number of benzene rings is 2. The van der Waals surface area contributed by atoms with E-state index in [0.29, 0.717) is 15.7 Å². The molecule has 0 aliphatic rings. The van der Waals surface area contributed by atoms with Crippen LogP contribution in [0.15, 0.2) is 47.8 Å². The number of hydrogen-bond donors (Lipinski definition) is 1. The summed E-state index contributed by atoms with van der Waals surface area (Å²) in [4.78, 5) is 4.61. The highest BCUT2D eigenvalue weighted by Crippen LogP contribution is 2.35. The Morgan fingerprint density at radius 3 is 2.60 bits per heavy atom. The quantitative estimate of drug-likeness (QED) is 0.645. The summed E-state index contributed by atoms with van der Waals surface area (Å²) in [6, 6.07) is 13.0. The summed E-state index contributed by atoms with van der Waals surface area (Å²) in [5.74, 6) is 0. The van der Waals surface area contributed by atoms with E-state index >= 15 is 0 Å². The van der Waals surface area contributed by atoms with Crippen LogP contribution in [0.25, 0.3) is 21.8 Å². The van der Waals surface area contributed by atoms with Gasteiger partial charge in [0.15, 0.2) is 0 Å². The van der Waals surface area contributed by atoms with Crippen LogP contribution >= 0.6 is 34.5 Å². The van der Waals surface area contributed by atoms with Gasteiger partial charge in [-0.05, 0) is 30.3 Å². The first-order valence-corrected chi connectivity index (χ1v) is 7.54. The molecule has 1 aromatic heterocycles. The fraction of sp³-hybridized carbons (Fsp3) is 0. The van der Waals surface area contributed by atoms with E-state index < -0.39 is 0 Å². The molecule has 20 heavy (non-hydrogen) atoms. The standard InChI is InChI=1S/C15H10Cl2N2S/c16-9-5-6-12(17)11(7-9)14-8-20-15(19-14)10-3-1-2-4-13(10)18/h1-8H,18H2. The Morgan fingerprint density at radius 2 is 1.80 bits per heavy atom. The maximum Gasteiger partial charge on any atom is 0.126 e. The van der Waals surface area contributed by atoms with E-state index in [4.69, 9.17) is 28.9 Å². The van der Waals surface area contributed by atoms with E-state index in [1.54, 1.807) is 12.1 Å². The number of nitrogen functional groups attached to an aromatic ring is 1. The van der Waals surface area contributed by atoms with Gasteiger partial charge in [0, 0.05) is 27.2 Å². The van der Waals surface area contributed by atoms with Crippen LogP contribution in [0.2, 0.25) is 10.0 Å². The van der Waals surface area contributed by atoms with Gasteiger partial charge in [-0.25, -0.2) is 4.98 Å². The van der Waals surface area contributed by atoms with Crippen molar-refractivity contribution in [1.82, 2.24) is 4.98 Å². The molecule has 100 valence electrons. The molecule has 0 saturated carbocycles. The molecule has 0 amide bonds. The number of aromatic nitrogens is 1. The highest BCUT2D eigenvalue weighted by Gasteiger charge is 2.11. The number of anilines is 1. The summed E-state index contributed by atoms with van der Waals surface area (Å²) in [6.07, 6.45) is 0. The molecule has 0 bridgehead atoms. The van der Waals surface area contributed by atoms with E-state index in [-0.39, 0.29) is 0 Å². The third-order valence-electron chi connectivity index (χ3n) is 2.90. The van der Waals surface area contributed by atoms with Gasteiger partial charge in [0.2, 0.25) is 0 Å². The van der Waals surface area contributed by atoms with Crippen molar-refractivity contribution >= 4 is 40.2 Å². The minimum absolute atomic E-state index is 0.632. The minimum atomic E-state index is 0.632. The van der Waals surface area contributed by atoms with Crippen LogP contribution in [0.5, 0.6) is 0 Å². The molecule has 2 aromatic carbocycles. The molecule has 0 radical (unpaired) electrons. The zero-order chi connectivity index (χ0) is 14.1. The smallest absolute Gasteiger partial charge is 0.126 e. The Balaban J connectivity index is 2.07. The molecule has 0 spiro atoms. The fourth-order valence-corrected chi connectivity index (χ4v) is 3.16. The number of thiazole rings is 1. The summed E-state index contributed by atoms with van der Waals surface area (Å²) in [5, 5.41) is 4.10. The van der Waals surface area contributed by atoms with Gasteiger partial charge in [-0.3, -0.25) is 0 Å². The van der Waals surface area contributed by atoms with Crippen molar-refractivity contribution in [3.05, 3.63) is 57.9 Å². The van der Waals surface area contributed by atoms with Crippen molar-refractivity contribution in [2.24, 2.45) is 0 Å². The average Bonchev–Trinajstić information content (AvgIpc) is 2.91. The Hall–Kier alpha value is -1.55. The summed E-state index contributed by atoms with van der Waals surface area (Å²) >= 11 is 13.7. The monoisotopic (exact) mass is 320 g/mol. The summed E-state index contributed by atoms with van der Waals surface area (Å²) in [5.41, 5.74) is 9.26. The van der Waals surface area contributed by atoms with Gasteiger partial charge in [0.25, 0.3) is 0 Å². The largest absolute Gasteiger partial charge is 0.398 e. The molecule has 2 N–H and O–H groups in total. The maximum atomic E-state index is 6.20. The van der Waals surface area contributed by atoms with E-state index in [0.717, 1.165) is 21.8 Å². The van der Waals surface area contributed by atoms with Crippen molar-refractivity contribution in [1.29, 1.82) is 0 Å². The van der Waals surface area contributed by atoms with E-state index in [1.807, 2.05) is 35.7 Å². The normalized spacial score (nSPS) is 10.7. The van der Waals surface area contributed by atoms with E-state index in [9.17, 15) is 0 Å². The summed E-state index contributed by atoms with van der Waals surface area (Å²) in [6.45, 7) is 0. The predicted octanol–water partition coefficient (Wildman–Crippen LogP) is 5.37. The first kappa shape index (κ1) is 13.4. The van der Waals surface area contributed by atoms with Crippen LogP contribution in [0.3, 0.4) is 0 Å². The maximum absolute atomic E-state index is 6.20. The first-order chi connectivity index (χ1) is 9.65. The Bertz CT molecular complexity index is 768. The predicted molar refractivity (Wildman–Crippen MR) is 87.4 cm³/mol. The number of nitrogens with zero attached hydrogens (tertiary/aromatic N) is 1. The molecule has 0 unspecified atom stereocenters. The highest BCUT2D eigenvalue weighted by molar-refractivity contribution is 7.13. The van der Waals surface area contributed by atoms with Crippen LogP contribution in [0, 0.1) is 0 Å². The van der Waals surface area contributed by atoms with Crippen molar-refractivity contribution in [3.8, 4) is 21.8 Å². The number of para-hydroxylation sites is 1. The van der Waals surface area contributed by atoms with E-state index in [1.165, 1.54) is 11.3 Å². The molecule has 5 heteroatoms. The number of rotatable bonds is 2. The summed E-state index contributed by atoms with van der Waals surface area (Å²) < 4.78 is 0. The van der Waals surface area contributed by atoms with Crippen LogP contribution in [0.1, 0.15) is 0 Å². The van der Waals surface area contributed by atoms with Gasteiger partial charge >= 0.3 is 0 Å². The fourth-order valence-electron chi connectivity index (χ4n) is 1.91. The third-order valence-corrected chi connectivity index (χ3v) is 4.34. The highest BCUT2D eigenvalue weighted by atomic mass is 35.5. The van der Waals surface area contributed by atoms with Gasteiger partial charge in [-0.15, -0.1) is 11.3 Å². The molecule has 0 fully saturated rings. The van der Waals surface area contributed by atoms with Gasteiger partial charge in [0.1, 0.15) is 5.01 Å². The molecule has 0 saturated heterocycles. The van der Waals surface area contributed by atoms with Gasteiger partial charge in [0.05, 0.1) is 10.7 Å². The first-order valence-electron chi connectivity index (χ1n) is 5.91. The number of nitrogens with two attached hydrogens (primary N) is 1. The van der Waals surface area contributed by atoms with Crippen LogP contribution in [0.4, 0.5) is 5.69 Å². The third kappa shape index (κ3) is 2.52. The molecule has 0 aliphatic heterocycles. The molecule has 2 nitrogen and oxygen atoms in total. The molecule has 3 rings (SSSR count). The zero-order valence-corrected chi connectivity index (χ0v) is 12.6. The SMILES string of the molecule is Nc1ccccc1-c1nc(-c2cc(Cl)ccc2Cl)cs1. The Labute approximate surface area is 130 Å². The Morgan fingerprint density at radius 1 is 1.00 bits per heavy atom. The lowest BCUT2D eigenvalue weighted by atomic mass is 10.1. The van der Waals surface area contributed by atoms with Crippen molar-refractivity contribution in [2.75, 3.05) is 5.73 Å². The molecule has 3 aromatic rings. The van der Waals surface area contributed by atoms with Crippen LogP contribution in [-0.2, 0) is 0 Å². The molecule has 0 atom stereocenters. The van der Waals surface area contributed by atoms with E-state index in [2.05, 4.69) is 4.98 Å². The van der Waals surface area contributed by atoms with Gasteiger partial charge < -0.3 is 5.73 Å². The second-order valence-corrected chi connectivity index (χ2v) is 5.95. The van der Waals surface area contributed by atoms with Gasteiger partial charge in [-0.1, -0.05) is 35.3 Å². The van der Waals surface area contributed by atoms with Crippen LogP contribution in [-0.4, -0.2) is 4.98 Å². The van der Waals surface area contributed by atoms with Crippen molar-refractivity contribution < 1.29 is 0 Å². The molecule has 1 heterocycles. The van der Waals surface area contributed by atoms with Crippen LogP contribution < -0.4 is 5.73 Å². The number of hydrogen-bond acceptors (Lipinski definition) is 3. The van der Waals surface area contributed by atoms with Gasteiger partial charge in [-0.2, -0.15) is 0 Å². The minimum Gasteiger partial charge on any atom is -0.398 e. The lowest BCUT2D eigenvalue weighted by Crippen LogP contribution is -1.88. The van der Waals surface area contributed by atoms with Crippen molar-refractivity contribution in [2.45, 2.75) is 0 Å². The van der Waals surface area contributed by atoms with Crippen molar-refractivity contribution in [3.63, 3.8) is 0 Å². The molecular weight excluding hydrogens is 311 g/mol. The lowest BCUT2D eigenvalue weighted by Gasteiger charge is -2.02. The topological polar surface area (TPSA) is 38.9 Å².